The van der Waals surface area contributed by atoms with E-state index in [2.05, 4.69) is 16.0 Å². The Morgan fingerprint density at radius 3 is 2.00 bits per heavy atom. The third-order valence-corrected chi connectivity index (χ3v) is 5.90. The van der Waals surface area contributed by atoms with Crippen molar-refractivity contribution in [2.24, 2.45) is 0 Å². The molecule has 0 saturated carbocycles. The van der Waals surface area contributed by atoms with Crippen LogP contribution in [-0.4, -0.2) is 64.1 Å². The van der Waals surface area contributed by atoms with Gasteiger partial charge in [-0.25, -0.2) is 14.4 Å². The second-order valence-electron chi connectivity index (χ2n) is 12.3. The summed E-state index contributed by atoms with van der Waals surface area (Å²) in [7, 11) is 0. The fraction of sp³-hybridized carbons (Fsp3) is 0.500. The maximum atomic E-state index is 13.5. The molecule has 5 N–H and O–H groups in total. The van der Waals surface area contributed by atoms with Crippen molar-refractivity contribution in [3.8, 4) is 11.5 Å². The number of aromatic hydroxyl groups is 2. The summed E-state index contributed by atoms with van der Waals surface area (Å²) in [5.41, 5.74) is -0.263. The number of hydrogen-bond acceptors (Lipinski definition) is 9. The van der Waals surface area contributed by atoms with Crippen LogP contribution in [0.1, 0.15) is 71.9 Å². The Balaban J connectivity index is 2.15. The lowest BCUT2D eigenvalue weighted by Gasteiger charge is -2.25. The van der Waals surface area contributed by atoms with Crippen LogP contribution in [0.15, 0.2) is 48.5 Å². The van der Waals surface area contributed by atoms with Crippen LogP contribution in [0.4, 0.5) is 9.59 Å². The highest BCUT2D eigenvalue weighted by atomic mass is 16.6. The normalized spacial score (nSPS) is 12.8. The van der Waals surface area contributed by atoms with E-state index in [1.807, 2.05) is 18.2 Å². The first-order valence-electron chi connectivity index (χ1n) is 14.5. The molecule has 0 fully saturated rings. The number of esters is 1. The van der Waals surface area contributed by atoms with Crippen LogP contribution in [0.5, 0.6) is 11.5 Å². The lowest BCUT2D eigenvalue weighted by molar-refractivity contribution is -0.149. The van der Waals surface area contributed by atoms with Crippen LogP contribution >= 0.6 is 0 Å². The van der Waals surface area contributed by atoms with Gasteiger partial charge in [0.05, 0.1) is 0 Å². The molecule has 0 radical (unpaired) electrons. The zero-order valence-electron chi connectivity index (χ0n) is 26.3. The minimum Gasteiger partial charge on any atom is -0.504 e. The first kappa shape index (κ1) is 35.7. The summed E-state index contributed by atoms with van der Waals surface area (Å²) in [6, 6.07) is 10.8. The molecule has 2 aromatic carbocycles. The van der Waals surface area contributed by atoms with Crippen LogP contribution in [-0.2, 0) is 36.8 Å². The molecule has 0 bridgehead atoms. The van der Waals surface area contributed by atoms with E-state index in [1.54, 1.807) is 53.7 Å². The molecular formula is C32H45N3O9. The van der Waals surface area contributed by atoms with Gasteiger partial charge in [0.2, 0.25) is 5.91 Å². The van der Waals surface area contributed by atoms with E-state index in [9.17, 15) is 29.4 Å². The van der Waals surface area contributed by atoms with Crippen molar-refractivity contribution in [3.63, 3.8) is 0 Å². The van der Waals surface area contributed by atoms with Gasteiger partial charge >= 0.3 is 18.2 Å². The zero-order chi connectivity index (χ0) is 32.9. The molecule has 242 valence electrons. The molecule has 3 amide bonds. The molecule has 0 spiro atoms. The van der Waals surface area contributed by atoms with Crippen LogP contribution < -0.4 is 16.0 Å². The zero-order valence-corrected chi connectivity index (χ0v) is 26.3. The summed E-state index contributed by atoms with van der Waals surface area (Å²) in [6.45, 7) is 10.6. The number of rotatable bonds is 13. The number of phenols is 2. The van der Waals surface area contributed by atoms with E-state index < -0.39 is 47.3 Å². The third-order valence-electron chi connectivity index (χ3n) is 5.90. The topological polar surface area (TPSA) is 173 Å². The Morgan fingerprint density at radius 2 is 1.39 bits per heavy atom. The smallest absolute Gasteiger partial charge is 0.408 e. The molecule has 0 aliphatic rings. The number of nitrogens with one attached hydrogen (secondary N) is 3. The summed E-state index contributed by atoms with van der Waals surface area (Å²) in [5.74, 6) is -2.07. The van der Waals surface area contributed by atoms with E-state index >= 15 is 0 Å². The molecule has 0 unspecified atom stereocenters. The van der Waals surface area contributed by atoms with Gasteiger partial charge in [-0.1, -0.05) is 36.4 Å². The Kier molecular flexibility index (Phi) is 13.3. The van der Waals surface area contributed by atoms with Gasteiger partial charge in [0.1, 0.15) is 29.9 Å². The Labute approximate surface area is 258 Å². The van der Waals surface area contributed by atoms with Gasteiger partial charge < -0.3 is 40.4 Å². The van der Waals surface area contributed by atoms with E-state index in [0.717, 1.165) is 5.56 Å². The maximum absolute atomic E-state index is 13.5. The fourth-order valence-corrected chi connectivity index (χ4v) is 3.92. The van der Waals surface area contributed by atoms with Crippen molar-refractivity contribution < 1.29 is 43.6 Å². The van der Waals surface area contributed by atoms with Gasteiger partial charge in [-0.2, -0.15) is 0 Å². The Morgan fingerprint density at radius 1 is 0.750 bits per heavy atom. The monoisotopic (exact) mass is 615 g/mol. The molecule has 2 atom stereocenters. The SMILES string of the molecule is CC(C)(C)OC(=O)NCCCC[C@H](NC(=O)[C@H](Cc1ccc(O)c(O)c1)NC(=O)OC(C)(C)C)C(=O)OCc1ccccc1. The average Bonchev–Trinajstić information content (AvgIpc) is 2.91. The lowest BCUT2D eigenvalue weighted by atomic mass is 10.0. The molecule has 0 saturated heterocycles. The molecule has 12 heteroatoms. The number of carbonyl (C=O) groups excluding carboxylic acids is 4. The number of hydrogen-bond donors (Lipinski definition) is 5. The summed E-state index contributed by atoms with van der Waals surface area (Å²) >= 11 is 0. The number of carbonyl (C=O) groups is 4. The number of unbranched alkanes of at least 4 members (excludes halogenated alkanes) is 1. The number of alkyl carbamates (subject to hydrolysis) is 2. The van der Waals surface area contributed by atoms with Crippen molar-refractivity contribution >= 4 is 24.1 Å². The van der Waals surface area contributed by atoms with Crippen LogP contribution in [0.25, 0.3) is 0 Å². The quantitative estimate of drug-likeness (QED) is 0.0944. The number of amides is 3. The molecule has 12 nitrogen and oxygen atoms in total. The molecule has 0 aromatic heterocycles. The van der Waals surface area contributed by atoms with Gasteiger partial charge in [0.25, 0.3) is 0 Å². The van der Waals surface area contributed by atoms with Gasteiger partial charge in [-0.15, -0.1) is 0 Å². The number of phenolic OH excluding ortho intramolecular Hbond substituents is 2. The van der Waals surface area contributed by atoms with Gasteiger partial charge in [-0.3, -0.25) is 4.79 Å². The molecule has 44 heavy (non-hydrogen) atoms. The predicted octanol–water partition coefficient (Wildman–Crippen LogP) is 4.46. The largest absolute Gasteiger partial charge is 0.504 e. The first-order chi connectivity index (χ1) is 20.5. The summed E-state index contributed by atoms with van der Waals surface area (Å²) in [6.07, 6.45) is -0.363. The van der Waals surface area contributed by atoms with Crippen molar-refractivity contribution in [1.29, 1.82) is 0 Å². The van der Waals surface area contributed by atoms with Gasteiger partial charge in [0.15, 0.2) is 11.5 Å². The molecule has 2 aromatic rings. The number of ether oxygens (including phenoxy) is 3. The highest BCUT2D eigenvalue weighted by Crippen LogP contribution is 2.25. The molecule has 2 rings (SSSR count). The van der Waals surface area contributed by atoms with Crippen molar-refractivity contribution in [1.82, 2.24) is 16.0 Å². The second-order valence-corrected chi connectivity index (χ2v) is 12.3. The maximum Gasteiger partial charge on any atom is 0.408 e. The Hall–Kier alpha value is -4.48. The highest BCUT2D eigenvalue weighted by Gasteiger charge is 2.29. The van der Waals surface area contributed by atoms with Crippen LogP contribution in [0.2, 0.25) is 0 Å². The minimum absolute atomic E-state index is 0.00137. The van der Waals surface area contributed by atoms with Crippen molar-refractivity contribution in [2.45, 2.75) is 97.1 Å². The molecule has 0 aliphatic heterocycles. The number of benzene rings is 2. The van der Waals surface area contributed by atoms with E-state index in [4.69, 9.17) is 14.2 Å². The predicted molar refractivity (Wildman–Crippen MR) is 163 cm³/mol. The van der Waals surface area contributed by atoms with Crippen LogP contribution in [0.3, 0.4) is 0 Å². The van der Waals surface area contributed by atoms with Crippen molar-refractivity contribution in [2.75, 3.05) is 6.54 Å². The second kappa shape index (κ2) is 16.4. The minimum atomic E-state index is -1.20. The summed E-state index contributed by atoms with van der Waals surface area (Å²) in [5, 5.41) is 27.5. The van der Waals surface area contributed by atoms with E-state index in [1.165, 1.54) is 18.2 Å². The Bertz CT molecular complexity index is 1250. The van der Waals surface area contributed by atoms with Gasteiger partial charge in [0, 0.05) is 13.0 Å². The van der Waals surface area contributed by atoms with Crippen LogP contribution in [0, 0.1) is 0 Å². The highest BCUT2D eigenvalue weighted by molar-refractivity contribution is 5.90. The molecular weight excluding hydrogens is 570 g/mol. The first-order valence-corrected chi connectivity index (χ1v) is 14.5. The lowest BCUT2D eigenvalue weighted by Crippen LogP contribution is -2.53. The van der Waals surface area contributed by atoms with Crippen molar-refractivity contribution in [3.05, 3.63) is 59.7 Å². The fourth-order valence-electron chi connectivity index (χ4n) is 3.92. The summed E-state index contributed by atoms with van der Waals surface area (Å²) in [4.78, 5) is 51.2. The van der Waals surface area contributed by atoms with E-state index in [-0.39, 0.29) is 30.9 Å². The van der Waals surface area contributed by atoms with Gasteiger partial charge in [-0.05, 0) is 84.1 Å². The van der Waals surface area contributed by atoms with E-state index in [0.29, 0.717) is 24.9 Å². The average molecular weight is 616 g/mol. The molecule has 0 aliphatic carbocycles. The third kappa shape index (κ3) is 14.1. The standard InChI is InChI=1S/C32H45N3O9/c1-31(2,3)43-29(40)33-17-11-10-14-23(28(39)42-20-21-12-8-7-9-13-21)34-27(38)24(35-30(41)44-32(4,5)6)18-22-15-16-25(36)26(37)19-22/h7-9,12-13,15-16,19,23-24,36-37H,10-11,14,17-18,20H2,1-6H3,(H,33,40)(H,34,38)(H,35,41)/t23-,24-/m0/s1. The summed E-state index contributed by atoms with van der Waals surface area (Å²) < 4.78 is 16.0. The molecule has 0 heterocycles.